The summed E-state index contributed by atoms with van der Waals surface area (Å²) >= 11 is 0. The van der Waals surface area contributed by atoms with Gasteiger partial charge in [0.25, 0.3) is 0 Å². The minimum Gasteiger partial charge on any atom is -0.0619 e. The molecule has 0 radical (unpaired) electrons. The van der Waals surface area contributed by atoms with Crippen LogP contribution in [0.1, 0.15) is 132 Å². The Morgan fingerprint density at radius 1 is 0.318 bits per heavy atom. The van der Waals surface area contributed by atoms with Gasteiger partial charge in [0.2, 0.25) is 0 Å². The molecule has 0 heteroatoms. The van der Waals surface area contributed by atoms with Crippen LogP contribution in [0.4, 0.5) is 0 Å². The van der Waals surface area contributed by atoms with Gasteiger partial charge in [-0.25, -0.2) is 0 Å². The zero-order valence-electron chi connectivity index (χ0n) is 30.5. The van der Waals surface area contributed by atoms with Crippen molar-refractivity contribution in [3.05, 3.63) is 107 Å². The number of hydrogen-bond donors (Lipinski definition) is 0. The monoisotopic (exact) mass is 586 g/mol. The molecule has 0 aromatic heterocycles. The van der Waals surface area contributed by atoms with Crippen LogP contribution in [-0.4, -0.2) is 0 Å². The predicted molar refractivity (Wildman–Crippen MR) is 196 cm³/mol. The highest BCUT2D eigenvalue weighted by Crippen LogP contribution is 2.48. The zero-order chi connectivity index (χ0) is 33.0. The first kappa shape index (κ1) is 33.8. The summed E-state index contributed by atoms with van der Waals surface area (Å²) in [6, 6.07) is 30.6. The highest BCUT2D eigenvalue weighted by molar-refractivity contribution is 5.97. The van der Waals surface area contributed by atoms with E-state index < -0.39 is 0 Å². The van der Waals surface area contributed by atoms with Crippen LogP contribution in [0.15, 0.2) is 78.9 Å². The largest absolute Gasteiger partial charge is 0.0619 e. The fourth-order valence-electron chi connectivity index (χ4n) is 6.19. The van der Waals surface area contributed by atoms with Gasteiger partial charge in [-0.15, -0.1) is 0 Å². The van der Waals surface area contributed by atoms with Gasteiger partial charge >= 0.3 is 0 Å². The van der Waals surface area contributed by atoms with E-state index in [-0.39, 0.29) is 27.1 Å². The Balaban J connectivity index is 2.34. The van der Waals surface area contributed by atoms with Crippen LogP contribution in [0, 0.1) is 0 Å². The Kier molecular flexibility index (Phi) is 8.71. The van der Waals surface area contributed by atoms with Gasteiger partial charge in [0, 0.05) is 0 Å². The van der Waals surface area contributed by atoms with Crippen LogP contribution in [0.5, 0.6) is 0 Å². The quantitative estimate of drug-likeness (QED) is 0.224. The van der Waals surface area contributed by atoms with Crippen molar-refractivity contribution in [2.24, 2.45) is 0 Å². The first-order valence-electron chi connectivity index (χ1n) is 16.5. The maximum absolute atomic E-state index is 2.50. The zero-order valence-corrected chi connectivity index (χ0v) is 30.5. The molecule has 4 rings (SSSR count). The molecule has 0 aliphatic heterocycles. The number of benzene rings is 4. The third-order valence-corrected chi connectivity index (χ3v) is 9.01. The van der Waals surface area contributed by atoms with Crippen molar-refractivity contribution in [1.29, 1.82) is 0 Å². The molecule has 4 aromatic rings. The maximum Gasteiger partial charge on any atom is -0.00262 e. The molecule has 0 amide bonds. The Hall–Kier alpha value is -3.12. The Morgan fingerprint density at radius 2 is 0.636 bits per heavy atom. The van der Waals surface area contributed by atoms with Crippen LogP contribution < -0.4 is 0 Å². The summed E-state index contributed by atoms with van der Waals surface area (Å²) in [6.07, 6.45) is 0. The van der Waals surface area contributed by atoms with E-state index in [2.05, 4.69) is 183 Å². The van der Waals surface area contributed by atoms with E-state index in [0.717, 1.165) is 0 Å². The summed E-state index contributed by atoms with van der Waals surface area (Å²) in [5.41, 5.74) is 14.9. The van der Waals surface area contributed by atoms with E-state index in [1.165, 1.54) is 61.2 Å². The van der Waals surface area contributed by atoms with E-state index in [9.17, 15) is 0 Å². The molecule has 44 heavy (non-hydrogen) atoms. The van der Waals surface area contributed by atoms with Gasteiger partial charge in [0.15, 0.2) is 0 Å². The molecule has 234 valence electrons. The van der Waals surface area contributed by atoms with Crippen molar-refractivity contribution in [3.8, 4) is 33.4 Å². The molecule has 0 unspecified atom stereocenters. The minimum absolute atomic E-state index is 0.00108. The van der Waals surface area contributed by atoms with Crippen molar-refractivity contribution < 1.29 is 0 Å². The van der Waals surface area contributed by atoms with E-state index in [4.69, 9.17) is 0 Å². The molecule has 0 saturated heterocycles. The normalized spacial score (nSPS) is 13.3. The standard InChI is InChI=1S/C44H58/c1-40(2,3)30-24-29(25-31(26-30)41(4,5)6)39-35(33-20-16-18-22-37(33)43(10,11)12)27-32(42(7,8)9)28-36(39)34-21-17-19-23-38(34)44(13,14)15/h16-28H,1-15H3. The second-order valence-corrected chi connectivity index (χ2v) is 18.1. The summed E-state index contributed by atoms with van der Waals surface area (Å²) in [4.78, 5) is 0. The van der Waals surface area contributed by atoms with Gasteiger partial charge in [-0.1, -0.05) is 171 Å². The van der Waals surface area contributed by atoms with Crippen molar-refractivity contribution in [2.75, 3.05) is 0 Å². The first-order chi connectivity index (χ1) is 20.0. The van der Waals surface area contributed by atoms with Gasteiger partial charge in [0.05, 0.1) is 0 Å². The molecule has 0 bridgehead atoms. The summed E-state index contributed by atoms with van der Waals surface area (Å²) in [7, 11) is 0. The molecule has 0 saturated carbocycles. The van der Waals surface area contributed by atoms with Crippen LogP contribution >= 0.6 is 0 Å². The topological polar surface area (TPSA) is 0 Å². The lowest BCUT2D eigenvalue weighted by atomic mass is 9.73. The van der Waals surface area contributed by atoms with Crippen LogP contribution in [0.2, 0.25) is 0 Å². The molecule has 0 aliphatic rings. The Morgan fingerprint density at radius 3 is 0.955 bits per heavy atom. The molecule has 0 aliphatic carbocycles. The second-order valence-electron chi connectivity index (χ2n) is 18.1. The average Bonchev–Trinajstić information content (AvgIpc) is 2.89. The lowest BCUT2D eigenvalue weighted by Gasteiger charge is -2.31. The van der Waals surface area contributed by atoms with Gasteiger partial charge in [0.1, 0.15) is 0 Å². The third kappa shape index (κ3) is 7.06. The SMILES string of the molecule is CC(C)(C)c1cc(-c2c(-c3ccccc3C(C)(C)C)cc(C(C)(C)C)cc2-c2ccccc2C(C)(C)C)cc(C(C)(C)C)c1. The van der Waals surface area contributed by atoms with Crippen LogP contribution in [0.25, 0.3) is 33.4 Å². The highest BCUT2D eigenvalue weighted by atomic mass is 14.3. The van der Waals surface area contributed by atoms with Gasteiger partial charge < -0.3 is 0 Å². The molecule has 0 atom stereocenters. The maximum atomic E-state index is 2.50. The molecule has 0 spiro atoms. The molecular formula is C44H58. The Labute approximate surface area is 270 Å². The van der Waals surface area contributed by atoms with E-state index in [0.29, 0.717) is 0 Å². The van der Waals surface area contributed by atoms with Gasteiger partial charge in [-0.05, 0) is 100 Å². The van der Waals surface area contributed by atoms with Gasteiger partial charge in [-0.2, -0.15) is 0 Å². The van der Waals surface area contributed by atoms with Gasteiger partial charge in [-0.3, -0.25) is 0 Å². The van der Waals surface area contributed by atoms with Crippen molar-refractivity contribution in [2.45, 2.75) is 131 Å². The summed E-state index contributed by atoms with van der Waals surface area (Å²) in [5, 5.41) is 0. The molecule has 4 aromatic carbocycles. The second kappa shape index (κ2) is 11.3. The van der Waals surface area contributed by atoms with Crippen LogP contribution in [-0.2, 0) is 27.1 Å². The molecule has 0 fully saturated rings. The smallest absolute Gasteiger partial charge is 0.00262 e. The first-order valence-corrected chi connectivity index (χ1v) is 16.5. The molecule has 0 heterocycles. The summed E-state index contributed by atoms with van der Waals surface area (Å²) in [6.45, 7) is 35.1. The molecule has 0 N–H and O–H groups in total. The molecular weight excluding hydrogens is 528 g/mol. The minimum atomic E-state index is -0.0147. The highest BCUT2D eigenvalue weighted by Gasteiger charge is 2.29. The number of rotatable bonds is 3. The predicted octanol–water partition coefficient (Wildman–Crippen LogP) is 13.2. The lowest BCUT2D eigenvalue weighted by molar-refractivity contribution is 0.569. The van der Waals surface area contributed by atoms with Crippen molar-refractivity contribution in [1.82, 2.24) is 0 Å². The van der Waals surface area contributed by atoms with Crippen LogP contribution in [0.3, 0.4) is 0 Å². The fourth-order valence-corrected chi connectivity index (χ4v) is 6.19. The average molecular weight is 587 g/mol. The van der Waals surface area contributed by atoms with Crippen molar-refractivity contribution in [3.63, 3.8) is 0 Å². The lowest BCUT2D eigenvalue weighted by Crippen LogP contribution is -2.17. The summed E-state index contributed by atoms with van der Waals surface area (Å²) < 4.78 is 0. The van der Waals surface area contributed by atoms with Crippen molar-refractivity contribution >= 4 is 0 Å². The van der Waals surface area contributed by atoms with E-state index in [1.54, 1.807) is 0 Å². The fraction of sp³-hybridized carbons (Fsp3) is 0.455. The molecule has 0 nitrogen and oxygen atoms in total. The van der Waals surface area contributed by atoms with E-state index >= 15 is 0 Å². The summed E-state index contributed by atoms with van der Waals surface area (Å²) in [5.74, 6) is 0. The van der Waals surface area contributed by atoms with E-state index in [1.807, 2.05) is 0 Å². The third-order valence-electron chi connectivity index (χ3n) is 9.01. The Bertz CT molecular complexity index is 1530. The number of hydrogen-bond acceptors (Lipinski definition) is 0.